The molecule has 0 rings (SSSR count). The van der Waals surface area contributed by atoms with Crippen molar-refractivity contribution in [1.29, 1.82) is 0 Å². The topological polar surface area (TPSA) is 44.8 Å². The van der Waals surface area contributed by atoms with Crippen LogP contribution in [0.15, 0.2) is 12.2 Å². The third-order valence-electron chi connectivity index (χ3n) is 3.09. The van der Waals surface area contributed by atoms with E-state index >= 15 is 0 Å². The van der Waals surface area contributed by atoms with Gasteiger partial charge in [0, 0.05) is 19.8 Å². The van der Waals surface area contributed by atoms with Gasteiger partial charge < -0.3 is 13.6 Å². The molecule has 1 atom stereocenters. The van der Waals surface area contributed by atoms with E-state index < -0.39 is 8.56 Å². The van der Waals surface area contributed by atoms with Crippen LogP contribution in [-0.2, 0) is 18.4 Å². The van der Waals surface area contributed by atoms with Crippen molar-refractivity contribution in [3.8, 4) is 0 Å². The lowest BCUT2D eigenvalue weighted by Gasteiger charge is -2.33. The molecular weight excluding hydrogens is 248 g/mol. The fraction of sp³-hybridized carbons (Fsp3) is 0.769. The number of ether oxygens (including phenoxy) is 1. The molecule has 106 valence electrons. The summed E-state index contributed by atoms with van der Waals surface area (Å²) >= 11 is 0. The monoisotopic (exact) mass is 274 g/mol. The van der Waals surface area contributed by atoms with Gasteiger partial charge in [0.15, 0.2) is 0 Å². The zero-order valence-electron chi connectivity index (χ0n) is 12.2. The minimum atomic E-state index is -2.48. The first kappa shape index (κ1) is 17.3. The van der Waals surface area contributed by atoms with Gasteiger partial charge in [-0.15, -0.1) is 0 Å². The maximum atomic E-state index is 11.7. The Kier molecular flexibility index (Phi) is 8.14. The average Bonchev–Trinajstić information content (AvgIpc) is 2.37. The van der Waals surface area contributed by atoms with E-state index in [1.54, 1.807) is 21.1 Å². The minimum absolute atomic E-state index is 0.276. The van der Waals surface area contributed by atoms with Crippen LogP contribution in [-0.4, -0.2) is 34.5 Å². The van der Waals surface area contributed by atoms with Crippen LogP contribution in [0.4, 0.5) is 0 Å². The normalized spacial score (nSPS) is 13.2. The van der Waals surface area contributed by atoms with E-state index in [0.717, 1.165) is 25.3 Å². The third-order valence-corrected chi connectivity index (χ3v) is 6.85. The van der Waals surface area contributed by atoms with Gasteiger partial charge in [-0.05, 0) is 19.4 Å². The second-order valence-corrected chi connectivity index (χ2v) is 8.18. The van der Waals surface area contributed by atoms with Gasteiger partial charge in [0.1, 0.15) is 5.73 Å². The Hall–Kier alpha value is -0.653. The molecule has 0 spiro atoms. The number of rotatable bonds is 9. The summed E-state index contributed by atoms with van der Waals surface area (Å²) in [5.74, 6) is -0.365. The molecule has 0 bridgehead atoms. The van der Waals surface area contributed by atoms with Crippen LogP contribution in [0, 0.1) is 0 Å². The maximum Gasteiger partial charge on any atom is 0.379 e. The number of hydrogen-bond donors (Lipinski definition) is 0. The van der Waals surface area contributed by atoms with Gasteiger partial charge in [-0.25, -0.2) is 4.79 Å². The van der Waals surface area contributed by atoms with Gasteiger partial charge in [0.25, 0.3) is 0 Å². The van der Waals surface area contributed by atoms with E-state index in [9.17, 15) is 4.79 Å². The van der Waals surface area contributed by atoms with Gasteiger partial charge in [-0.2, -0.15) is 0 Å². The summed E-state index contributed by atoms with van der Waals surface area (Å²) in [6.45, 7) is 9.36. The van der Waals surface area contributed by atoms with Crippen molar-refractivity contribution in [2.75, 3.05) is 14.2 Å². The maximum absolute atomic E-state index is 11.7. The molecule has 0 heterocycles. The van der Waals surface area contributed by atoms with Gasteiger partial charge >= 0.3 is 14.5 Å². The Bertz CT molecular complexity index is 266. The number of esters is 1. The molecular formula is C13H26O4Si. The molecule has 0 aromatic carbocycles. The molecule has 18 heavy (non-hydrogen) atoms. The van der Waals surface area contributed by atoms with E-state index in [0.29, 0.717) is 5.57 Å². The molecule has 0 aromatic rings. The van der Waals surface area contributed by atoms with Crippen molar-refractivity contribution in [2.45, 2.75) is 51.8 Å². The zero-order valence-corrected chi connectivity index (χ0v) is 13.2. The molecule has 1 unspecified atom stereocenters. The minimum Gasteiger partial charge on any atom is -0.457 e. The average molecular weight is 274 g/mol. The smallest absolute Gasteiger partial charge is 0.379 e. The highest BCUT2D eigenvalue weighted by Crippen LogP contribution is 2.24. The Morgan fingerprint density at radius 3 is 2.17 bits per heavy atom. The van der Waals surface area contributed by atoms with Crippen molar-refractivity contribution in [3.05, 3.63) is 12.2 Å². The predicted octanol–water partition coefficient (Wildman–Crippen LogP) is 2.96. The van der Waals surface area contributed by atoms with Gasteiger partial charge in [0.05, 0.1) is 0 Å². The highest BCUT2D eigenvalue weighted by atomic mass is 28.4. The van der Waals surface area contributed by atoms with E-state index in [1.807, 2.05) is 6.92 Å². The van der Waals surface area contributed by atoms with Crippen LogP contribution in [0.2, 0.25) is 6.04 Å². The summed E-state index contributed by atoms with van der Waals surface area (Å²) in [4.78, 5) is 11.7. The fourth-order valence-corrected chi connectivity index (χ4v) is 4.51. The molecule has 0 aliphatic heterocycles. The second kappa shape index (κ2) is 8.45. The molecule has 0 amide bonds. The van der Waals surface area contributed by atoms with E-state index in [-0.39, 0.29) is 11.7 Å². The van der Waals surface area contributed by atoms with E-state index in [1.165, 1.54) is 0 Å². The molecule has 0 aromatic heterocycles. The lowest BCUT2D eigenvalue weighted by molar-refractivity contribution is -0.142. The molecule has 4 nitrogen and oxygen atoms in total. The SMILES string of the molecule is C=C(C)C(=O)OC(CCCC)[Si](CC)(OC)OC. The van der Waals surface area contributed by atoms with Crippen LogP contribution in [0.5, 0.6) is 0 Å². The van der Waals surface area contributed by atoms with Crippen LogP contribution < -0.4 is 0 Å². The van der Waals surface area contributed by atoms with Crippen molar-refractivity contribution < 1.29 is 18.4 Å². The predicted molar refractivity (Wildman–Crippen MR) is 74.5 cm³/mol. The highest BCUT2D eigenvalue weighted by molar-refractivity contribution is 6.68. The summed E-state index contributed by atoms with van der Waals surface area (Å²) in [6, 6.07) is 0.748. The lowest BCUT2D eigenvalue weighted by atomic mass is 10.2. The molecule has 0 saturated heterocycles. The Balaban J connectivity index is 4.94. The Morgan fingerprint density at radius 1 is 1.28 bits per heavy atom. The number of unbranched alkanes of at least 4 members (excludes halogenated alkanes) is 1. The molecule has 0 aliphatic rings. The van der Waals surface area contributed by atoms with Gasteiger partial charge in [0.2, 0.25) is 0 Å². The van der Waals surface area contributed by atoms with Gasteiger partial charge in [-0.1, -0.05) is 33.3 Å². The summed E-state index contributed by atoms with van der Waals surface area (Å²) in [7, 11) is 0.787. The van der Waals surface area contributed by atoms with Gasteiger partial charge in [-0.3, -0.25) is 0 Å². The largest absolute Gasteiger partial charge is 0.457 e. The molecule has 0 radical (unpaired) electrons. The fourth-order valence-electron chi connectivity index (χ4n) is 1.85. The molecule has 5 heteroatoms. The van der Waals surface area contributed by atoms with Crippen LogP contribution in [0.1, 0.15) is 40.0 Å². The zero-order chi connectivity index (χ0) is 14.2. The highest BCUT2D eigenvalue weighted by Gasteiger charge is 2.45. The number of hydrogen-bond acceptors (Lipinski definition) is 4. The van der Waals surface area contributed by atoms with E-state index in [2.05, 4.69) is 13.5 Å². The van der Waals surface area contributed by atoms with Crippen molar-refractivity contribution in [2.24, 2.45) is 0 Å². The summed E-state index contributed by atoms with van der Waals surface area (Å²) in [5, 5.41) is 0. The molecule has 0 N–H and O–H groups in total. The van der Waals surface area contributed by atoms with Crippen LogP contribution in [0.3, 0.4) is 0 Å². The van der Waals surface area contributed by atoms with E-state index in [4.69, 9.17) is 13.6 Å². The molecule has 0 aliphatic carbocycles. The summed E-state index contributed by atoms with van der Waals surface area (Å²) < 4.78 is 16.7. The quantitative estimate of drug-likeness (QED) is 0.368. The molecule has 0 saturated carbocycles. The molecule has 0 fully saturated rings. The lowest BCUT2D eigenvalue weighted by Crippen LogP contribution is -2.53. The Labute approximate surface area is 112 Å². The Morgan fingerprint density at radius 2 is 1.83 bits per heavy atom. The van der Waals surface area contributed by atoms with Crippen LogP contribution in [0.25, 0.3) is 0 Å². The number of carbonyl (C=O) groups is 1. The second-order valence-electron chi connectivity index (χ2n) is 4.39. The first-order valence-corrected chi connectivity index (χ1v) is 8.54. The first-order chi connectivity index (χ1) is 8.47. The van der Waals surface area contributed by atoms with Crippen molar-refractivity contribution in [3.63, 3.8) is 0 Å². The van der Waals surface area contributed by atoms with Crippen molar-refractivity contribution in [1.82, 2.24) is 0 Å². The number of carbonyl (C=O) groups excluding carboxylic acids is 1. The standard InChI is InChI=1S/C13H26O4Si/c1-7-9-10-12(17-13(14)11(3)4)18(8-2,15-5)16-6/h12H,3,7-10H2,1-2,4-6H3. The van der Waals surface area contributed by atoms with Crippen molar-refractivity contribution >= 4 is 14.5 Å². The summed E-state index contributed by atoms with van der Waals surface area (Å²) in [5.41, 5.74) is 0.129. The summed E-state index contributed by atoms with van der Waals surface area (Å²) in [6.07, 6.45) is 2.80. The van der Waals surface area contributed by atoms with Crippen LogP contribution >= 0.6 is 0 Å². The first-order valence-electron chi connectivity index (χ1n) is 6.44. The third kappa shape index (κ3) is 4.55.